The van der Waals surface area contributed by atoms with Crippen molar-refractivity contribution in [3.05, 3.63) is 41.0 Å². The first-order valence-corrected chi connectivity index (χ1v) is 9.11. The van der Waals surface area contributed by atoms with Crippen molar-refractivity contribution in [1.29, 1.82) is 0 Å². The number of ether oxygens (including phenoxy) is 1. The number of carbonyl (C=O) groups excluding carboxylic acids is 1. The van der Waals surface area contributed by atoms with Gasteiger partial charge in [0.1, 0.15) is 4.91 Å². The standard InChI is InChI=1S/C17H9F15O2S/c1-34-9(7-33)10(35-8-5-3-2-4-6-8)11(18,19)12(20,21)13(22,23)14(24,25)15(26,27)16(28,29)17(30,31)32/h2-7H,1H3/b10-9+. The first-order valence-electron chi connectivity index (χ1n) is 8.29. The van der Waals surface area contributed by atoms with Crippen molar-refractivity contribution in [3.8, 4) is 0 Å². The van der Waals surface area contributed by atoms with E-state index in [-0.39, 0.29) is 0 Å². The maximum Gasteiger partial charge on any atom is 0.460 e. The molecule has 0 fully saturated rings. The second-order valence-electron chi connectivity index (χ2n) is 6.37. The smallest absolute Gasteiger partial charge is 0.460 e. The molecular weight excluding hydrogens is 553 g/mol. The van der Waals surface area contributed by atoms with Gasteiger partial charge in [0.05, 0.1) is 7.11 Å². The van der Waals surface area contributed by atoms with Crippen molar-refractivity contribution >= 4 is 18.0 Å². The van der Waals surface area contributed by atoms with Crippen LogP contribution in [0.5, 0.6) is 0 Å². The number of allylic oxidation sites excluding steroid dienone is 2. The van der Waals surface area contributed by atoms with Crippen molar-refractivity contribution in [3.63, 3.8) is 0 Å². The van der Waals surface area contributed by atoms with Crippen LogP contribution in [0, 0.1) is 0 Å². The number of benzene rings is 1. The predicted octanol–water partition coefficient (Wildman–Crippen LogP) is 7.21. The molecule has 0 heterocycles. The maximum absolute atomic E-state index is 14.6. The highest BCUT2D eigenvalue weighted by Gasteiger charge is 2.93. The molecule has 200 valence electrons. The minimum atomic E-state index is -8.43. The minimum absolute atomic E-state index is 0.342. The van der Waals surface area contributed by atoms with Gasteiger partial charge in [-0.2, -0.15) is 65.9 Å². The van der Waals surface area contributed by atoms with Crippen molar-refractivity contribution in [2.75, 3.05) is 7.11 Å². The fraction of sp³-hybridized carbons (Fsp3) is 0.471. The summed E-state index contributed by atoms with van der Waals surface area (Å²) in [4.78, 5) is 7.80. The monoisotopic (exact) mass is 562 g/mol. The van der Waals surface area contributed by atoms with E-state index in [0.29, 0.717) is 7.11 Å². The van der Waals surface area contributed by atoms with Gasteiger partial charge in [0, 0.05) is 4.90 Å². The molecule has 0 aliphatic carbocycles. The summed E-state index contributed by atoms with van der Waals surface area (Å²) >= 11 is -0.677. The van der Waals surface area contributed by atoms with Crippen LogP contribution in [0.2, 0.25) is 0 Å². The summed E-state index contributed by atoms with van der Waals surface area (Å²) in [6.07, 6.45) is -8.49. The van der Waals surface area contributed by atoms with Gasteiger partial charge in [-0.05, 0) is 12.1 Å². The van der Waals surface area contributed by atoms with E-state index in [1.165, 1.54) is 6.07 Å². The van der Waals surface area contributed by atoms with Gasteiger partial charge >= 0.3 is 41.7 Å². The van der Waals surface area contributed by atoms with E-state index in [1.54, 1.807) is 0 Å². The molecule has 1 rings (SSSR count). The minimum Gasteiger partial charge on any atom is -0.492 e. The van der Waals surface area contributed by atoms with E-state index in [1.807, 2.05) is 0 Å². The van der Waals surface area contributed by atoms with Crippen LogP contribution in [-0.2, 0) is 9.53 Å². The molecule has 0 unspecified atom stereocenters. The van der Waals surface area contributed by atoms with Gasteiger partial charge in [0.25, 0.3) is 0 Å². The number of rotatable bonds is 10. The third-order valence-corrected chi connectivity index (χ3v) is 5.30. The molecule has 0 saturated heterocycles. The van der Waals surface area contributed by atoms with E-state index < -0.39 is 75.3 Å². The molecule has 35 heavy (non-hydrogen) atoms. The Morgan fingerprint density at radius 3 is 1.46 bits per heavy atom. The van der Waals surface area contributed by atoms with Crippen LogP contribution in [0.3, 0.4) is 0 Å². The molecule has 0 radical (unpaired) electrons. The van der Waals surface area contributed by atoms with Gasteiger partial charge in [-0.15, -0.1) is 0 Å². The highest BCUT2D eigenvalue weighted by Crippen LogP contribution is 2.64. The number of methoxy groups -OCH3 is 1. The lowest BCUT2D eigenvalue weighted by molar-refractivity contribution is -0.450. The highest BCUT2D eigenvalue weighted by molar-refractivity contribution is 8.03. The molecule has 1 aromatic rings. The average molecular weight is 562 g/mol. The first kappa shape index (κ1) is 30.8. The lowest BCUT2D eigenvalue weighted by Gasteiger charge is -2.41. The lowest BCUT2D eigenvalue weighted by Crippen LogP contribution is -2.72. The van der Waals surface area contributed by atoms with Gasteiger partial charge in [-0.25, -0.2) is 0 Å². The number of halogens is 15. The second kappa shape index (κ2) is 9.31. The summed E-state index contributed by atoms with van der Waals surface area (Å²) in [5.74, 6) is -49.6. The van der Waals surface area contributed by atoms with E-state index in [9.17, 15) is 70.7 Å². The topological polar surface area (TPSA) is 26.3 Å². The third-order valence-electron chi connectivity index (χ3n) is 4.13. The van der Waals surface area contributed by atoms with Crippen LogP contribution in [0.4, 0.5) is 65.9 Å². The molecule has 0 aliphatic rings. The Hall–Kier alpha value is -2.27. The molecule has 0 amide bonds. The number of aldehydes is 1. The van der Waals surface area contributed by atoms with Crippen LogP contribution < -0.4 is 0 Å². The highest BCUT2D eigenvalue weighted by atomic mass is 32.2. The number of hydrogen-bond acceptors (Lipinski definition) is 3. The quantitative estimate of drug-likeness (QED) is 0.0992. The maximum atomic E-state index is 14.6. The predicted molar refractivity (Wildman–Crippen MR) is 88.1 cm³/mol. The van der Waals surface area contributed by atoms with Gasteiger partial charge < -0.3 is 4.74 Å². The van der Waals surface area contributed by atoms with E-state index in [4.69, 9.17) is 0 Å². The molecule has 0 bridgehead atoms. The molecule has 0 spiro atoms. The summed E-state index contributed by atoms with van der Waals surface area (Å²) in [7, 11) is 0.342. The Labute approximate surface area is 189 Å². The first-order chi connectivity index (χ1) is 15.5. The normalized spacial score (nSPS) is 15.5. The Kier molecular flexibility index (Phi) is 8.18. The van der Waals surface area contributed by atoms with Gasteiger partial charge in [-0.1, -0.05) is 30.0 Å². The van der Waals surface area contributed by atoms with Gasteiger partial charge in [0.15, 0.2) is 12.0 Å². The van der Waals surface area contributed by atoms with Gasteiger partial charge in [-0.3, -0.25) is 4.79 Å². The number of carbonyl (C=O) groups is 1. The fourth-order valence-corrected chi connectivity index (χ4v) is 3.20. The lowest BCUT2D eigenvalue weighted by atomic mass is 9.90. The van der Waals surface area contributed by atoms with Crippen LogP contribution in [0.25, 0.3) is 0 Å². The van der Waals surface area contributed by atoms with Crippen LogP contribution in [0.15, 0.2) is 45.9 Å². The van der Waals surface area contributed by atoms with Gasteiger partial charge in [0.2, 0.25) is 0 Å². The van der Waals surface area contributed by atoms with Crippen molar-refractivity contribution in [1.82, 2.24) is 0 Å². The zero-order valence-corrected chi connectivity index (χ0v) is 17.2. The Morgan fingerprint density at radius 2 is 1.09 bits per heavy atom. The molecule has 0 atom stereocenters. The number of alkyl halides is 15. The molecule has 0 N–H and O–H groups in total. The average Bonchev–Trinajstić information content (AvgIpc) is 2.73. The number of hydrogen-bond donors (Lipinski definition) is 0. The van der Waals surface area contributed by atoms with Crippen molar-refractivity contribution in [2.24, 2.45) is 0 Å². The number of thioether (sulfide) groups is 1. The van der Waals surface area contributed by atoms with Crippen molar-refractivity contribution in [2.45, 2.75) is 46.6 Å². The summed E-state index contributed by atoms with van der Waals surface area (Å²) in [5, 5.41) is 0. The largest absolute Gasteiger partial charge is 0.492 e. The van der Waals surface area contributed by atoms with Crippen LogP contribution in [-0.4, -0.2) is 55.1 Å². The second-order valence-corrected chi connectivity index (χ2v) is 7.46. The Balaban J connectivity index is 3.81. The molecule has 0 saturated carbocycles. The molecule has 2 nitrogen and oxygen atoms in total. The summed E-state index contributed by atoms with van der Waals surface area (Å²) in [6, 6.07) is 4.98. The Bertz CT molecular complexity index is 939. The third kappa shape index (κ3) is 4.64. The SMILES string of the molecule is CO/C(C=O)=C(/Sc1ccccc1)C(F)(F)C(F)(F)C(F)(F)C(F)(F)C(F)(F)C(F)(F)C(F)(F)F. The molecule has 18 heteroatoms. The zero-order valence-electron chi connectivity index (χ0n) is 16.4. The van der Waals surface area contributed by atoms with Crippen LogP contribution in [0.1, 0.15) is 0 Å². The summed E-state index contributed by atoms with van der Waals surface area (Å²) in [5.41, 5.74) is 0. The van der Waals surface area contributed by atoms with Crippen molar-refractivity contribution < 1.29 is 75.4 Å². The molecule has 0 aromatic heterocycles. The fourth-order valence-electron chi connectivity index (χ4n) is 2.18. The molecular formula is C17H9F15O2S. The van der Waals surface area contributed by atoms with E-state index in [2.05, 4.69) is 4.74 Å². The molecule has 1 aromatic carbocycles. The van der Waals surface area contributed by atoms with E-state index in [0.717, 1.165) is 24.3 Å². The van der Waals surface area contributed by atoms with E-state index >= 15 is 0 Å². The summed E-state index contributed by atoms with van der Waals surface area (Å²) in [6.45, 7) is 0. The molecule has 0 aliphatic heterocycles. The van der Waals surface area contributed by atoms with Crippen LogP contribution >= 0.6 is 11.8 Å². The zero-order chi connectivity index (χ0) is 27.9. The Morgan fingerprint density at radius 1 is 0.686 bits per heavy atom. The summed E-state index contributed by atoms with van der Waals surface area (Å²) < 4.78 is 206.